The van der Waals surface area contributed by atoms with Gasteiger partial charge in [-0.05, 0) is 50.6 Å². The standard InChI is InChI=1S/C13H18ClN/c1-9(2)5-13(15-4)11-6-10(3)7-12(14)8-11/h6-8,13,15H,1,5H2,2-4H3. The Morgan fingerprint density at radius 3 is 2.60 bits per heavy atom. The molecule has 0 spiro atoms. The summed E-state index contributed by atoms with van der Waals surface area (Å²) in [6.45, 7) is 8.04. The first-order chi connectivity index (χ1) is 7.02. The van der Waals surface area contributed by atoms with Gasteiger partial charge in [-0.25, -0.2) is 0 Å². The van der Waals surface area contributed by atoms with Crippen molar-refractivity contribution in [1.82, 2.24) is 5.32 Å². The Kier molecular flexibility index (Phi) is 4.37. The smallest absolute Gasteiger partial charge is 0.0411 e. The highest BCUT2D eigenvalue weighted by molar-refractivity contribution is 6.30. The van der Waals surface area contributed by atoms with E-state index in [4.69, 9.17) is 11.6 Å². The zero-order valence-corrected chi connectivity index (χ0v) is 10.4. The minimum Gasteiger partial charge on any atom is -0.313 e. The maximum Gasteiger partial charge on any atom is 0.0411 e. The zero-order valence-electron chi connectivity index (χ0n) is 9.60. The van der Waals surface area contributed by atoms with Crippen LogP contribution in [0.5, 0.6) is 0 Å². The predicted octanol–water partition coefficient (Wildman–Crippen LogP) is 3.88. The highest BCUT2D eigenvalue weighted by atomic mass is 35.5. The molecule has 0 aromatic heterocycles. The maximum absolute atomic E-state index is 6.04. The Morgan fingerprint density at radius 1 is 1.47 bits per heavy atom. The molecule has 1 nitrogen and oxygen atoms in total. The fourth-order valence-electron chi connectivity index (χ4n) is 1.70. The lowest BCUT2D eigenvalue weighted by Gasteiger charge is -2.17. The van der Waals surface area contributed by atoms with Crippen LogP contribution in [0.15, 0.2) is 30.4 Å². The molecule has 2 heteroatoms. The van der Waals surface area contributed by atoms with Gasteiger partial charge >= 0.3 is 0 Å². The monoisotopic (exact) mass is 223 g/mol. The van der Waals surface area contributed by atoms with Gasteiger partial charge in [0, 0.05) is 11.1 Å². The molecule has 1 rings (SSSR count). The van der Waals surface area contributed by atoms with E-state index < -0.39 is 0 Å². The number of hydrogen-bond acceptors (Lipinski definition) is 1. The third-order valence-electron chi connectivity index (χ3n) is 2.37. The van der Waals surface area contributed by atoms with Crippen molar-refractivity contribution in [2.45, 2.75) is 26.3 Å². The lowest BCUT2D eigenvalue weighted by Crippen LogP contribution is -2.16. The third kappa shape index (κ3) is 3.69. The van der Waals surface area contributed by atoms with Gasteiger partial charge in [0.05, 0.1) is 0 Å². The van der Waals surface area contributed by atoms with E-state index in [1.165, 1.54) is 16.7 Å². The summed E-state index contributed by atoms with van der Waals surface area (Å²) in [7, 11) is 1.96. The molecule has 1 aromatic rings. The van der Waals surface area contributed by atoms with Crippen LogP contribution in [0.3, 0.4) is 0 Å². The lowest BCUT2D eigenvalue weighted by atomic mass is 9.99. The molecule has 0 fully saturated rings. The van der Waals surface area contributed by atoms with Gasteiger partial charge in [-0.15, -0.1) is 6.58 Å². The molecule has 0 saturated carbocycles. The Labute approximate surface area is 97.1 Å². The van der Waals surface area contributed by atoms with E-state index in [1.807, 2.05) is 26.1 Å². The van der Waals surface area contributed by atoms with Crippen molar-refractivity contribution in [1.29, 1.82) is 0 Å². The largest absolute Gasteiger partial charge is 0.313 e. The lowest BCUT2D eigenvalue weighted by molar-refractivity contribution is 0.589. The van der Waals surface area contributed by atoms with Crippen LogP contribution in [-0.2, 0) is 0 Å². The van der Waals surface area contributed by atoms with Crippen LogP contribution in [-0.4, -0.2) is 7.05 Å². The van der Waals surface area contributed by atoms with E-state index in [-0.39, 0.29) is 0 Å². The Balaban J connectivity index is 2.95. The summed E-state index contributed by atoms with van der Waals surface area (Å²) in [5.74, 6) is 0. The predicted molar refractivity (Wildman–Crippen MR) is 67.4 cm³/mol. The zero-order chi connectivity index (χ0) is 11.4. The van der Waals surface area contributed by atoms with E-state index in [0.717, 1.165) is 11.4 Å². The van der Waals surface area contributed by atoms with Gasteiger partial charge in [-0.2, -0.15) is 0 Å². The van der Waals surface area contributed by atoms with Crippen LogP contribution in [0, 0.1) is 6.92 Å². The van der Waals surface area contributed by atoms with Crippen molar-refractivity contribution in [3.05, 3.63) is 46.5 Å². The number of hydrogen-bond donors (Lipinski definition) is 1. The van der Waals surface area contributed by atoms with Crippen molar-refractivity contribution >= 4 is 11.6 Å². The van der Waals surface area contributed by atoms with Crippen molar-refractivity contribution < 1.29 is 0 Å². The summed E-state index contributed by atoms with van der Waals surface area (Å²) in [5.41, 5.74) is 3.59. The molecule has 1 unspecified atom stereocenters. The average Bonchev–Trinajstić information content (AvgIpc) is 2.12. The summed E-state index contributed by atoms with van der Waals surface area (Å²) in [4.78, 5) is 0. The van der Waals surface area contributed by atoms with E-state index in [2.05, 4.69) is 24.9 Å². The van der Waals surface area contributed by atoms with Gasteiger partial charge < -0.3 is 5.32 Å². The Bertz CT molecular complexity index is 337. The van der Waals surface area contributed by atoms with E-state index in [9.17, 15) is 0 Å². The van der Waals surface area contributed by atoms with E-state index >= 15 is 0 Å². The van der Waals surface area contributed by atoms with Gasteiger partial charge in [0.15, 0.2) is 0 Å². The fourth-order valence-corrected chi connectivity index (χ4v) is 2.00. The van der Waals surface area contributed by atoms with Gasteiger partial charge in [-0.1, -0.05) is 23.2 Å². The number of rotatable bonds is 4. The minimum atomic E-state index is 0.305. The van der Waals surface area contributed by atoms with E-state index in [1.54, 1.807) is 0 Å². The summed E-state index contributed by atoms with van der Waals surface area (Å²) < 4.78 is 0. The molecule has 0 radical (unpaired) electrons. The molecule has 1 atom stereocenters. The molecule has 0 heterocycles. The highest BCUT2D eigenvalue weighted by Gasteiger charge is 2.10. The number of benzene rings is 1. The van der Waals surface area contributed by atoms with Crippen molar-refractivity contribution in [2.24, 2.45) is 0 Å². The van der Waals surface area contributed by atoms with Crippen molar-refractivity contribution in [3.8, 4) is 0 Å². The number of aryl methyl sites for hydroxylation is 1. The maximum atomic E-state index is 6.04. The SMILES string of the molecule is C=C(C)CC(NC)c1cc(C)cc(Cl)c1. The molecule has 1 aromatic carbocycles. The molecule has 1 N–H and O–H groups in total. The summed E-state index contributed by atoms with van der Waals surface area (Å²) in [6.07, 6.45) is 0.941. The number of halogens is 1. The Hall–Kier alpha value is -0.790. The molecule has 0 amide bonds. The molecule has 0 aliphatic heterocycles. The summed E-state index contributed by atoms with van der Waals surface area (Å²) in [5, 5.41) is 4.08. The first-order valence-electron chi connectivity index (χ1n) is 5.11. The second-order valence-electron chi connectivity index (χ2n) is 4.06. The molecule has 0 bridgehead atoms. The minimum absolute atomic E-state index is 0.305. The van der Waals surface area contributed by atoms with Crippen LogP contribution < -0.4 is 5.32 Å². The fraction of sp³-hybridized carbons (Fsp3) is 0.385. The van der Waals surface area contributed by atoms with Crippen LogP contribution in [0.1, 0.15) is 30.5 Å². The van der Waals surface area contributed by atoms with E-state index in [0.29, 0.717) is 6.04 Å². The van der Waals surface area contributed by atoms with Crippen molar-refractivity contribution in [2.75, 3.05) is 7.05 Å². The second-order valence-corrected chi connectivity index (χ2v) is 4.50. The molecule has 15 heavy (non-hydrogen) atoms. The van der Waals surface area contributed by atoms with Crippen LogP contribution >= 0.6 is 11.6 Å². The van der Waals surface area contributed by atoms with Gasteiger partial charge in [0.25, 0.3) is 0 Å². The molecular formula is C13H18ClN. The van der Waals surface area contributed by atoms with Gasteiger partial charge in [0.1, 0.15) is 0 Å². The summed E-state index contributed by atoms with van der Waals surface area (Å²) >= 11 is 6.04. The molecule has 82 valence electrons. The second kappa shape index (κ2) is 5.34. The third-order valence-corrected chi connectivity index (χ3v) is 2.59. The average molecular weight is 224 g/mol. The molecular weight excluding hydrogens is 206 g/mol. The molecule has 0 saturated heterocycles. The highest BCUT2D eigenvalue weighted by Crippen LogP contribution is 2.24. The van der Waals surface area contributed by atoms with Crippen LogP contribution in [0.4, 0.5) is 0 Å². The first kappa shape index (κ1) is 12.3. The topological polar surface area (TPSA) is 12.0 Å². The summed E-state index contributed by atoms with van der Waals surface area (Å²) in [6, 6.07) is 6.45. The van der Waals surface area contributed by atoms with Gasteiger partial charge in [-0.3, -0.25) is 0 Å². The number of nitrogens with one attached hydrogen (secondary N) is 1. The molecule has 0 aliphatic carbocycles. The van der Waals surface area contributed by atoms with Crippen LogP contribution in [0.2, 0.25) is 5.02 Å². The van der Waals surface area contributed by atoms with Crippen molar-refractivity contribution in [3.63, 3.8) is 0 Å². The normalized spacial score (nSPS) is 12.5. The quantitative estimate of drug-likeness (QED) is 0.764. The van der Waals surface area contributed by atoms with Gasteiger partial charge in [0.2, 0.25) is 0 Å². The Morgan fingerprint density at radius 2 is 2.13 bits per heavy atom. The van der Waals surface area contributed by atoms with Crippen LogP contribution in [0.25, 0.3) is 0 Å². The first-order valence-corrected chi connectivity index (χ1v) is 5.49. The molecule has 0 aliphatic rings.